The number of benzene rings is 1. The maximum Gasteiger partial charge on any atom is 0.170 e. The van der Waals surface area contributed by atoms with Gasteiger partial charge in [0.1, 0.15) is 5.82 Å². The van der Waals surface area contributed by atoms with Gasteiger partial charge in [0.2, 0.25) is 0 Å². The van der Waals surface area contributed by atoms with E-state index in [1.54, 1.807) is 13.0 Å². The Hall–Kier alpha value is -1.55. The molecule has 5 heteroatoms. The molecular weight excluding hydrogens is 219 g/mol. The molecule has 0 saturated heterocycles. The zero-order valence-electron chi connectivity index (χ0n) is 7.92. The fourth-order valence-corrected chi connectivity index (χ4v) is 1.66. The highest BCUT2D eigenvalue weighted by atomic mass is 35.5. The van der Waals surface area contributed by atoms with Crippen molar-refractivity contribution in [2.45, 2.75) is 6.92 Å². The molecule has 0 spiro atoms. The molecule has 0 bridgehead atoms. The van der Waals surface area contributed by atoms with Crippen LogP contribution < -0.4 is 5.73 Å². The van der Waals surface area contributed by atoms with Gasteiger partial charge in [0, 0.05) is 11.6 Å². The first kappa shape index (κ1) is 9.98. The number of anilines is 1. The van der Waals surface area contributed by atoms with Gasteiger partial charge in [0.05, 0.1) is 5.02 Å². The molecule has 0 amide bonds. The minimum Gasteiger partial charge on any atom is -0.381 e. The van der Waals surface area contributed by atoms with E-state index in [1.807, 2.05) is 0 Å². The van der Waals surface area contributed by atoms with Crippen molar-refractivity contribution >= 4 is 17.4 Å². The van der Waals surface area contributed by atoms with Crippen molar-refractivity contribution in [2.75, 3.05) is 5.73 Å². The number of halogens is 2. The topological polar surface area (TPSA) is 52.0 Å². The second-order valence-electron chi connectivity index (χ2n) is 3.17. The molecule has 0 saturated carbocycles. The number of hydrogen-bond donors (Lipinski definition) is 1. The zero-order valence-corrected chi connectivity index (χ0v) is 8.68. The van der Waals surface area contributed by atoms with Gasteiger partial charge in [-0.3, -0.25) is 0 Å². The summed E-state index contributed by atoms with van der Waals surface area (Å²) in [7, 11) is 0. The molecule has 1 aromatic carbocycles. The van der Waals surface area contributed by atoms with Crippen molar-refractivity contribution in [3.8, 4) is 11.3 Å². The van der Waals surface area contributed by atoms with E-state index in [9.17, 15) is 4.39 Å². The smallest absolute Gasteiger partial charge is 0.170 e. The summed E-state index contributed by atoms with van der Waals surface area (Å²) in [4.78, 5) is 0. The van der Waals surface area contributed by atoms with E-state index in [0.717, 1.165) is 5.56 Å². The first-order valence-electron chi connectivity index (χ1n) is 4.26. The van der Waals surface area contributed by atoms with E-state index in [2.05, 4.69) is 5.16 Å². The van der Waals surface area contributed by atoms with E-state index in [0.29, 0.717) is 11.3 Å². The molecule has 0 aliphatic rings. The van der Waals surface area contributed by atoms with Crippen molar-refractivity contribution < 1.29 is 8.91 Å². The van der Waals surface area contributed by atoms with Crippen molar-refractivity contribution in [1.82, 2.24) is 5.16 Å². The molecule has 0 fully saturated rings. The Morgan fingerprint density at radius 3 is 2.80 bits per heavy atom. The van der Waals surface area contributed by atoms with E-state index in [1.165, 1.54) is 12.1 Å². The highest BCUT2D eigenvalue weighted by Gasteiger charge is 2.15. The fourth-order valence-electron chi connectivity index (χ4n) is 1.36. The van der Waals surface area contributed by atoms with Gasteiger partial charge in [0.25, 0.3) is 0 Å². The van der Waals surface area contributed by atoms with Crippen LogP contribution in [0.1, 0.15) is 5.56 Å². The zero-order chi connectivity index (χ0) is 11.0. The van der Waals surface area contributed by atoms with Gasteiger partial charge in [-0.15, -0.1) is 0 Å². The third-order valence-corrected chi connectivity index (χ3v) is 2.45. The Balaban J connectivity index is 2.66. The Kier molecular flexibility index (Phi) is 2.36. The Labute approximate surface area is 90.6 Å². The summed E-state index contributed by atoms with van der Waals surface area (Å²) in [5.41, 5.74) is 6.70. The van der Waals surface area contributed by atoms with E-state index < -0.39 is 5.82 Å². The monoisotopic (exact) mass is 226 g/mol. The molecule has 15 heavy (non-hydrogen) atoms. The van der Waals surface area contributed by atoms with Crippen LogP contribution in [0, 0.1) is 12.7 Å². The van der Waals surface area contributed by atoms with Crippen LogP contribution in [0.15, 0.2) is 22.7 Å². The van der Waals surface area contributed by atoms with Crippen LogP contribution in [0.3, 0.4) is 0 Å². The minimum absolute atomic E-state index is 0.0196. The SMILES string of the molecule is Cc1ccc(F)c(Cl)c1-c1cc(N)no1. The van der Waals surface area contributed by atoms with Crippen LogP contribution >= 0.6 is 11.6 Å². The predicted molar refractivity (Wildman–Crippen MR) is 56.1 cm³/mol. The lowest BCUT2D eigenvalue weighted by Gasteiger charge is -2.04. The number of nitrogens with two attached hydrogens (primary N) is 1. The number of hydrogen-bond acceptors (Lipinski definition) is 3. The third-order valence-electron chi connectivity index (χ3n) is 2.08. The first-order chi connectivity index (χ1) is 7.09. The second kappa shape index (κ2) is 3.55. The van der Waals surface area contributed by atoms with Gasteiger partial charge in [0.15, 0.2) is 11.6 Å². The van der Waals surface area contributed by atoms with E-state index >= 15 is 0 Å². The predicted octanol–water partition coefficient (Wildman–Crippen LogP) is 3.02. The molecule has 2 rings (SSSR count). The molecule has 1 aromatic heterocycles. The number of nitrogen functional groups attached to an aromatic ring is 1. The highest BCUT2D eigenvalue weighted by molar-refractivity contribution is 6.33. The molecule has 1 heterocycles. The summed E-state index contributed by atoms with van der Waals surface area (Å²) in [6.07, 6.45) is 0. The molecule has 0 unspecified atom stereocenters. The van der Waals surface area contributed by atoms with Crippen LogP contribution in [0.5, 0.6) is 0 Å². The molecule has 3 nitrogen and oxygen atoms in total. The summed E-state index contributed by atoms with van der Waals surface area (Å²) in [5.74, 6) is 0.117. The molecule has 0 aliphatic heterocycles. The molecule has 2 N–H and O–H groups in total. The largest absolute Gasteiger partial charge is 0.381 e. The Morgan fingerprint density at radius 2 is 2.20 bits per heavy atom. The molecule has 0 atom stereocenters. The van der Waals surface area contributed by atoms with Crippen LogP contribution in [-0.2, 0) is 0 Å². The van der Waals surface area contributed by atoms with Gasteiger partial charge in [-0.05, 0) is 18.6 Å². The first-order valence-corrected chi connectivity index (χ1v) is 4.64. The lowest BCUT2D eigenvalue weighted by Crippen LogP contribution is -1.87. The molecule has 78 valence electrons. The highest BCUT2D eigenvalue weighted by Crippen LogP contribution is 2.33. The van der Waals surface area contributed by atoms with E-state index in [4.69, 9.17) is 21.9 Å². The third kappa shape index (κ3) is 1.68. The lowest BCUT2D eigenvalue weighted by molar-refractivity contribution is 0.435. The van der Waals surface area contributed by atoms with Gasteiger partial charge in [-0.1, -0.05) is 22.8 Å². The van der Waals surface area contributed by atoms with Crippen LogP contribution in [0.25, 0.3) is 11.3 Å². The summed E-state index contributed by atoms with van der Waals surface area (Å²) < 4.78 is 18.2. The molecule has 0 aliphatic carbocycles. The van der Waals surface area contributed by atoms with Crippen molar-refractivity contribution in [3.63, 3.8) is 0 Å². The second-order valence-corrected chi connectivity index (χ2v) is 3.55. The Bertz CT molecular complexity index is 510. The van der Waals surface area contributed by atoms with Gasteiger partial charge in [-0.25, -0.2) is 4.39 Å². The number of nitrogens with zero attached hydrogens (tertiary/aromatic N) is 1. The quantitative estimate of drug-likeness (QED) is 0.813. The average Bonchev–Trinajstić information content (AvgIpc) is 2.59. The molecule has 2 aromatic rings. The fraction of sp³-hybridized carbons (Fsp3) is 0.100. The standard InChI is InChI=1S/C10H8ClFN2O/c1-5-2-3-6(12)10(11)9(5)7-4-8(13)14-15-7/h2-4H,1H3,(H2,13,14). The lowest BCUT2D eigenvalue weighted by atomic mass is 10.1. The summed E-state index contributed by atoms with van der Waals surface area (Å²) >= 11 is 5.84. The maximum absolute atomic E-state index is 13.2. The number of aromatic nitrogens is 1. The maximum atomic E-state index is 13.2. The van der Waals surface area contributed by atoms with Gasteiger partial charge < -0.3 is 10.3 Å². The molecule has 0 radical (unpaired) electrons. The summed E-state index contributed by atoms with van der Waals surface area (Å²) in [6.45, 7) is 1.80. The number of aryl methyl sites for hydroxylation is 1. The average molecular weight is 227 g/mol. The summed E-state index contributed by atoms with van der Waals surface area (Å²) in [6, 6.07) is 4.43. The van der Waals surface area contributed by atoms with Crippen LogP contribution in [-0.4, -0.2) is 5.16 Å². The summed E-state index contributed by atoms with van der Waals surface area (Å²) in [5, 5.41) is 3.55. The van der Waals surface area contributed by atoms with Crippen LogP contribution in [0.2, 0.25) is 5.02 Å². The van der Waals surface area contributed by atoms with Crippen molar-refractivity contribution in [1.29, 1.82) is 0 Å². The number of rotatable bonds is 1. The minimum atomic E-state index is -0.493. The van der Waals surface area contributed by atoms with Gasteiger partial charge in [-0.2, -0.15) is 0 Å². The van der Waals surface area contributed by atoms with E-state index in [-0.39, 0.29) is 10.8 Å². The van der Waals surface area contributed by atoms with Gasteiger partial charge >= 0.3 is 0 Å². The van der Waals surface area contributed by atoms with Crippen LogP contribution in [0.4, 0.5) is 10.2 Å². The normalized spacial score (nSPS) is 10.6. The molecular formula is C10H8ClFN2O. The van der Waals surface area contributed by atoms with Crippen molar-refractivity contribution in [3.05, 3.63) is 34.6 Å². The van der Waals surface area contributed by atoms with Crippen molar-refractivity contribution in [2.24, 2.45) is 0 Å². The Morgan fingerprint density at radius 1 is 1.47 bits per heavy atom.